The average Bonchev–Trinajstić information content (AvgIpc) is 2.66. The second-order valence-electron chi connectivity index (χ2n) is 6.52. The SMILES string of the molecule is O=C(O)OC1CCCN(CCSC(c2ccccc2)c2ccccc2)C1. The summed E-state index contributed by atoms with van der Waals surface area (Å²) < 4.78 is 4.96. The fraction of sp³-hybridized carbons (Fsp3) is 0.381. The van der Waals surface area contributed by atoms with E-state index in [0.717, 1.165) is 31.7 Å². The summed E-state index contributed by atoms with van der Waals surface area (Å²) in [6.07, 6.45) is 0.459. The molecule has 0 amide bonds. The number of piperidine rings is 1. The average molecular weight is 372 g/mol. The number of ether oxygens (including phenoxy) is 1. The minimum atomic E-state index is -1.17. The zero-order valence-electron chi connectivity index (χ0n) is 14.8. The van der Waals surface area contributed by atoms with Crippen LogP contribution in [0.1, 0.15) is 29.2 Å². The molecule has 0 bridgehead atoms. The van der Waals surface area contributed by atoms with Crippen molar-refractivity contribution in [3.8, 4) is 0 Å². The highest BCUT2D eigenvalue weighted by molar-refractivity contribution is 7.99. The van der Waals surface area contributed by atoms with Crippen LogP contribution in [0.2, 0.25) is 0 Å². The summed E-state index contributed by atoms with van der Waals surface area (Å²) in [5.74, 6) is 0.994. The molecule has 26 heavy (non-hydrogen) atoms. The molecule has 3 rings (SSSR count). The number of likely N-dealkylation sites (tertiary alicyclic amines) is 1. The highest BCUT2D eigenvalue weighted by Gasteiger charge is 2.23. The predicted molar refractivity (Wildman–Crippen MR) is 106 cm³/mol. The Balaban J connectivity index is 1.57. The van der Waals surface area contributed by atoms with Crippen molar-refractivity contribution < 1.29 is 14.6 Å². The van der Waals surface area contributed by atoms with Crippen LogP contribution in [0.25, 0.3) is 0 Å². The normalized spacial score (nSPS) is 18.0. The van der Waals surface area contributed by atoms with Crippen LogP contribution in [-0.4, -0.2) is 47.7 Å². The van der Waals surface area contributed by atoms with Crippen LogP contribution in [-0.2, 0) is 4.74 Å². The van der Waals surface area contributed by atoms with E-state index in [1.807, 2.05) is 23.9 Å². The molecule has 5 heteroatoms. The first-order valence-electron chi connectivity index (χ1n) is 9.06. The van der Waals surface area contributed by atoms with E-state index in [-0.39, 0.29) is 6.10 Å². The van der Waals surface area contributed by atoms with Gasteiger partial charge >= 0.3 is 6.16 Å². The Hall–Kier alpha value is -1.98. The van der Waals surface area contributed by atoms with Crippen molar-refractivity contribution in [2.75, 3.05) is 25.4 Å². The smallest absolute Gasteiger partial charge is 0.450 e. The van der Waals surface area contributed by atoms with Gasteiger partial charge in [-0.25, -0.2) is 4.79 Å². The van der Waals surface area contributed by atoms with Crippen molar-refractivity contribution in [1.82, 2.24) is 4.90 Å². The summed E-state index contributed by atoms with van der Waals surface area (Å²) in [5.41, 5.74) is 2.63. The molecular formula is C21H25NO3S. The van der Waals surface area contributed by atoms with Crippen LogP contribution in [0, 0.1) is 0 Å². The Morgan fingerprint density at radius 3 is 2.31 bits per heavy atom. The number of thioether (sulfide) groups is 1. The maximum atomic E-state index is 10.7. The molecule has 1 heterocycles. The highest BCUT2D eigenvalue weighted by atomic mass is 32.2. The first kappa shape index (κ1) is 18.8. The molecule has 1 unspecified atom stereocenters. The van der Waals surface area contributed by atoms with Gasteiger partial charge in [0.1, 0.15) is 6.10 Å². The van der Waals surface area contributed by atoms with E-state index in [4.69, 9.17) is 9.84 Å². The fourth-order valence-corrected chi connectivity index (χ4v) is 4.69. The lowest BCUT2D eigenvalue weighted by Gasteiger charge is -2.31. The van der Waals surface area contributed by atoms with E-state index in [1.54, 1.807) is 0 Å². The lowest BCUT2D eigenvalue weighted by molar-refractivity contribution is 0.0150. The van der Waals surface area contributed by atoms with Gasteiger partial charge in [0.25, 0.3) is 0 Å². The second-order valence-corrected chi connectivity index (χ2v) is 7.73. The van der Waals surface area contributed by atoms with Crippen LogP contribution >= 0.6 is 11.8 Å². The van der Waals surface area contributed by atoms with Crippen molar-refractivity contribution in [3.05, 3.63) is 71.8 Å². The topological polar surface area (TPSA) is 49.8 Å². The third-order valence-electron chi connectivity index (χ3n) is 4.63. The summed E-state index contributed by atoms with van der Waals surface area (Å²) in [5, 5.41) is 9.12. The molecule has 0 spiro atoms. The van der Waals surface area contributed by atoms with Crippen molar-refractivity contribution in [2.45, 2.75) is 24.2 Å². The molecule has 1 saturated heterocycles. The van der Waals surface area contributed by atoms with Gasteiger partial charge in [-0.2, -0.15) is 0 Å². The van der Waals surface area contributed by atoms with Gasteiger partial charge in [0.15, 0.2) is 0 Å². The third-order valence-corrected chi connectivity index (χ3v) is 5.92. The maximum Gasteiger partial charge on any atom is 0.506 e. The van der Waals surface area contributed by atoms with Crippen molar-refractivity contribution in [1.29, 1.82) is 0 Å². The largest absolute Gasteiger partial charge is 0.506 e. The van der Waals surface area contributed by atoms with Gasteiger partial charge in [0.2, 0.25) is 0 Å². The number of rotatable bonds is 7. The van der Waals surface area contributed by atoms with Gasteiger partial charge in [0, 0.05) is 18.8 Å². The van der Waals surface area contributed by atoms with Crippen molar-refractivity contribution in [3.63, 3.8) is 0 Å². The lowest BCUT2D eigenvalue weighted by atomic mass is 10.0. The molecular weight excluding hydrogens is 346 g/mol. The zero-order valence-corrected chi connectivity index (χ0v) is 15.6. The first-order chi connectivity index (χ1) is 12.7. The van der Waals surface area contributed by atoms with E-state index < -0.39 is 6.16 Å². The van der Waals surface area contributed by atoms with Crippen LogP contribution in [0.4, 0.5) is 4.79 Å². The van der Waals surface area contributed by atoms with E-state index in [2.05, 4.69) is 53.4 Å². The Kier molecular flexibility index (Phi) is 6.97. The Labute approximate surface area is 159 Å². The Morgan fingerprint density at radius 1 is 1.12 bits per heavy atom. The quantitative estimate of drug-likeness (QED) is 0.717. The van der Waals surface area contributed by atoms with E-state index in [9.17, 15) is 4.79 Å². The fourth-order valence-electron chi connectivity index (χ4n) is 3.40. The molecule has 1 atom stereocenters. The lowest BCUT2D eigenvalue weighted by Crippen LogP contribution is -2.41. The number of carboxylic acid groups (broad SMARTS) is 1. The van der Waals surface area contributed by atoms with Gasteiger partial charge in [-0.05, 0) is 30.5 Å². The number of nitrogens with zero attached hydrogens (tertiary/aromatic N) is 1. The minimum absolute atomic E-state index is 0.190. The van der Waals surface area contributed by atoms with Crippen molar-refractivity contribution >= 4 is 17.9 Å². The number of hydrogen-bond acceptors (Lipinski definition) is 4. The zero-order chi connectivity index (χ0) is 18.2. The van der Waals surface area contributed by atoms with Crippen molar-refractivity contribution in [2.24, 2.45) is 0 Å². The standard InChI is InChI=1S/C21H25NO3S/c23-21(24)25-19-12-7-13-22(16-19)14-15-26-20(17-8-3-1-4-9-17)18-10-5-2-6-11-18/h1-6,8-11,19-20H,7,12-16H2,(H,23,24). The third kappa shape index (κ3) is 5.51. The molecule has 1 N–H and O–H groups in total. The predicted octanol–water partition coefficient (Wildman–Crippen LogP) is 4.67. The summed E-state index contributed by atoms with van der Waals surface area (Å²) in [7, 11) is 0. The molecule has 2 aromatic rings. The van der Waals surface area contributed by atoms with Crippen LogP contribution < -0.4 is 0 Å². The Bertz CT molecular complexity index is 641. The molecule has 0 aromatic heterocycles. The summed E-state index contributed by atoms with van der Waals surface area (Å²) >= 11 is 1.94. The second kappa shape index (κ2) is 9.64. The molecule has 0 saturated carbocycles. The number of carbonyl (C=O) groups is 1. The van der Waals surface area contributed by atoms with Gasteiger partial charge in [0.05, 0.1) is 5.25 Å². The van der Waals surface area contributed by atoms with Crippen LogP contribution in [0.15, 0.2) is 60.7 Å². The first-order valence-corrected chi connectivity index (χ1v) is 10.1. The van der Waals surface area contributed by atoms with Gasteiger partial charge in [-0.1, -0.05) is 60.7 Å². The maximum absolute atomic E-state index is 10.7. The van der Waals surface area contributed by atoms with Crippen LogP contribution in [0.3, 0.4) is 0 Å². The summed E-state index contributed by atoms with van der Waals surface area (Å²) in [6, 6.07) is 21.2. The van der Waals surface area contributed by atoms with Gasteiger partial charge in [-0.15, -0.1) is 11.8 Å². The molecule has 1 aliphatic rings. The van der Waals surface area contributed by atoms with E-state index >= 15 is 0 Å². The van der Waals surface area contributed by atoms with Crippen LogP contribution in [0.5, 0.6) is 0 Å². The molecule has 4 nitrogen and oxygen atoms in total. The van der Waals surface area contributed by atoms with E-state index in [1.165, 1.54) is 11.1 Å². The van der Waals surface area contributed by atoms with Gasteiger partial charge in [-0.3, -0.25) is 4.90 Å². The van der Waals surface area contributed by atoms with E-state index in [0.29, 0.717) is 11.8 Å². The molecule has 0 aliphatic carbocycles. The Morgan fingerprint density at radius 2 is 1.73 bits per heavy atom. The molecule has 2 aromatic carbocycles. The number of benzene rings is 2. The summed E-state index contributed by atoms with van der Waals surface area (Å²) in [6.45, 7) is 2.66. The monoisotopic (exact) mass is 371 g/mol. The van der Waals surface area contributed by atoms with Gasteiger partial charge < -0.3 is 9.84 Å². The molecule has 1 aliphatic heterocycles. The minimum Gasteiger partial charge on any atom is -0.450 e. The number of hydrogen-bond donors (Lipinski definition) is 1. The highest BCUT2D eigenvalue weighted by Crippen LogP contribution is 2.35. The molecule has 1 fully saturated rings. The molecule has 0 radical (unpaired) electrons. The molecule has 138 valence electrons. The summed E-state index contributed by atoms with van der Waals surface area (Å²) in [4.78, 5) is 13.1.